The van der Waals surface area contributed by atoms with E-state index < -0.39 is 11.2 Å². The lowest BCUT2D eigenvalue weighted by Gasteiger charge is -2.14. The van der Waals surface area contributed by atoms with Crippen molar-refractivity contribution in [3.8, 4) is 22.6 Å². The molecule has 3 aromatic heterocycles. The average Bonchev–Trinajstić information content (AvgIpc) is 3.26. The Morgan fingerprint density at radius 3 is 2.50 bits per heavy atom. The molecule has 8 nitrogen and oxygen atoms in total. The smallest absolute Gasteiger partial charge is 0.304 e. The topological polar surface area (TPSA) is 98.5 Å². The third-order valence-electron chi connectivity index (χ3n) is 5.78. The van der Waals surface area contributed by atoms with Crippen LogP contribution in [0.15, 0.2) is 82.6 Å². The zero-order valence-corrected chi connectivity index (χ0v) is 20.4. The second kappa shape index (κ2) is 8.60. The second-order valence-corrected chi connectivity index (χ2v) is 9.19. The second-order valence-electron chi connectivity index (χ2n) is 7.94. The summed E-state index contributed by atoms with van der Waals surface area (Å²) in [6.07, 6.45) is 3.13. The highest BCUT2D eigenvalue weighted by molar-refractivity contribution is 6.42. The molecule has 36 heavy (non-hydrogen) atoms. The summed E-state index contributed by atoms with van der Waals surface area (Å²) >= 11 is 18.7. The zero-order valence-electron chi connectivity index (χ0n) is 18.1. The Labute approximate surface area is 217 Å². The van der Waals surface area contributed by atoms with Gasteiger partial charge in [-0.15, -0.1) is 5.10 Å². The molecule has 0 spiro atoms. The molecule has 0 aliphatic carbocycles. The normalized spacial score (nSPS) is 11.4. The molecule has 0 bridgehead atoms. The van der Waals surface area contributed by atoms with E-state index in [2.05, 4.69) is 20.3 Å². The molecule has 0 unspecified atom stereocenters. The number of benzene rings is 3. The van der Waals surface area contributed by atoms with Crippen molar-refractivity contribution in [1.82, 2.24) is 29.5 Å². The van der Waals surface area contributed by atoms with E-state index in [-0.39, 0.29) is 16.4 Å². The van der Waals surface area contributed by atoms with Gasteiger partial charge in [0.05, 0.1) is 33.1 Å². The molecule has 0 amide bonds. The van der Waals surface area contributed by atoms with Crippen LogP contribution in [0.25, 0.3) is 44.4 Å². The Bertz CT molecular complexity index is 1940. The van der Waals surface area contributed by atoms with E-state index in [0.29, 0.717) is 37.7 Å². The summed E-state index contributed by atoms with van der Waals surface area (Å²) < 4.78 is 2.37. The Morgan fingerprint density at radius 2 is 1.67 bits per heavy atom. The summed E-state index contributed by atoms with van der Waals surface area (Å²) in [5.74, 6) is 0. The van der Waals surface area contributed by atoms with Crippen LogP contribution >= 0.6 is 34.8 Å². The largest absolute Gasteiger partial charge is 0.333 e. The van der Waals surface area contributed by atoms with E-state index in [1.807, 2.05) is 24.3 Å². The molecule has 0 radical (unpaired) electrons. The number of pyridine rings is 1. The molecule has 0 fully saturated rings. The van der Waals surface area contributed by atoms with Crippen LogP contribution in [-0.2, 0) is 0 Å². The molecule has 3 heterocycles. The third-order valence-corrected chi connectivity index (χ3v) is 6.74. The first-order chi connectivity index (χ1) is 17.4. The van der Waals surface area contributed by atoms with E-state index in [0.717, 1.165) is 9.95 Å². The van der Waals surface area contributed by atoms with Crippen molar-refractivity contribution in [3.05, 3.63) is 109 Å². The number of halogens is 3. The molecular formula is C25H13Cl3N6O2. The number of nitrogens with one attached hydrogen (secondary N) is 1. The maximum Gasteiger partial charge on any atom is 0.333 e. The lowest BCUT2D eigenvalue weighted by molar-refractivity contribution is 0.779. The summed E-state index contributed by atoms with van der Waals surface area (Å²) in [6.45, 7) is 0. The molecule has 11 heteroatoms. The van der Waals surface area contributed by atoms with E-state index in [4.69, 9.17) is 34.8 Å². The number of aromatic nitrogens is 6. The maximum atomic E-state index is 14.1. The van der Waals surface area contributed by atoms with Gasteiger partial charge in [-0.1, -0.05) is 76.4 Å². The van der Waals surface area contributed by atoms with Crippen molar-refractivity contribution in [2.24, 2.45) is 0 Å². The van der Waals surface area contributed by atoms with Crippen molar-refractivity contribution in [1.29, 1.82) is 0 Å². The molecule has 0 saturated heterocycles. The lowest BCUT2D eigenvalue weighted by atomic mass is 10.1. The number of fused-ring (bicyclic) bond motifs is 2. The lowest BCUT2D eigenvalue weighted by Crippen LogP contribution is -2.37. The minimum Gasteiger partial charge on any atom is -0.304 e. The van der Waals surface area contributed by atoms with E-state index in [9.17, 15) is 9.59 Å². The van der Waals surface area contributed by atoms with Crippen LogP contribution in [0.4, 0.5) is 0 Å². The highest BCUT2D eigenvalue weighted by Crippen LogP contribution is 2.30. The van der Waals surface area contributed by atoms with Gasteiger partial charge in [0.1, 0.15) is 5.52 Å². The molecule has 3 aromatic carbocycles. The molecule has 0 aliphatic heterocycles. The van der Waals surface area contributed by atoms with E-state index in [1.165, 1.54) is 10.9 Å². The molecule has 1 N–H and O–H groups in total. The molecule has 0 saturated carbocycles. The molecule has 6 rings (SSSR count). The van der Waals surface area contributed by atoms with Crippen molar-refractivity contribution in [3.63, 3.8) is 0 Å². The molecule has 0 aliphatic rings. The van der Waals surface area contributed by atoms with Crippen molar-refractivity contribution in [2.45, 2.75) is 0 Å². The van der Waals surface area contributed by atoms with Gasteiger partial charge >= 0.3 is 5.69 Å². The number of hydrogen-bond acceptors (Lipinski definition) is 5. The van der Waals surface area contributed by atoms with Crippen molar-refractivity contribution in [2.75, 3.05) is 0 Å². The Morgan fingerprint density at radius 1 is 0.861 bits per heavy atom. The van der Waals surface area contributed by atoms with Gasteiger partial charge in [-0.05, 0) is 24.3 Å². The number of H-pyrrole nitrogens is 1. The first kappa shape index (κ1) is 22.5. The van der Waals surface area contributed by atoms with Crippen LogP contribution in [0.5, 0.6) is 0 Å². The summed E-state index contributed by atoms with van der Waals surface area (Å²) in [5.41, 5.74) is 0.667. The van der Waals surface area contributed by atoms with Crippen molar-refractivity contribution < 1.29 is 0 Å². The first-order valence-electron chi connectivity index (χ1n) is 10.6. The maximum absolute atomic E-state index is 14.1. The Hall–Kier alpha value is -3.98. The van der Waals surface area contributed by atoms with Gasteiger partial charge in [-0.3, -0.25) is 9.78 Å². The van der Waals surface area contributed by atoms with Gasteiger partial charge in [0, 0.05) is 27.6 Å². The van der Waals surface area contributed by atoms with Crippen LogP contribution in [0.3, 0.4) is 0 Å². The molecule has 176 valence electrons. The van der Waals surface area contributed by atoms with Crippen LogP contribution in [-0.4, -0.2) is 29.5 Å². The minimum atomic E-state index is -0.651. The summed E-state index contributed by atoms with van der Waals surface area (Å²) in [5, 5.41) is 10.8. The van der Waals surface area contributed by atoms with Gasteiger partial charge in [0.2, 0.25) is 0 Å². The van der Waals surface area contributed by atoms with Gasteiger partial charge in [0.25, 0.3) is 5.56 Å². The summed E-state index contributed by atoms with van der Waals surface area (Å²) in [4.78, 5) is 34.6. The molecular weight excluding hydrogens is 523 g/mol. The SMILES string of the molecule is O=c1[nH]c(-c2cccc(Cl)c2)c(-n2nnc3cc(Cl)c(Cl)cc32)c(=O)n1-c1cncc2ccccc12. The number of nitrogens with zero attached hydrogens (tertiary/aromatic N) is 5. The third kappa shape index (κ3) is 3.58. The molecule has 6 aromatic rings. The molecule has 0 atom stereocenters. The van der Waals surface area contributed by atoms with Crippen LogP contribution in [0, 0.1) is 0 Å². The van der Waals surface area contributed by atoms with Gasteiger partial charge in [0.15, 0.2) is 5.69 Å². The first-order valence-corrected chi connectivity index (χ1v) is 11.7. The van der Waals surface area contributed by atoms with Gasteiger partial charge in [-0.2, -0.15) is 0 Å². The zero-order chi connectivity index (χ0) is 25.0. The highest BCUT2D eigenvalue weighted by Gasteiger charge is 2.23. The summed E-state index contributed by atoms with van der Waals surface area (Å²) in [6, 6.07) is 17.2. The number of hydrogen-bond donors (Lipinski definition) is 1. The monoisotopic (exact) mass is 534 g/mol. The Kier molecular flexibility index (Phi) is 5.37. The standard InChI is InChI=1S/C25H13Cl3N6O2/c26-15-6-3-5-13(8-15)22-23(34-20-10-18(28)17(27)9-19(20)31-32-34)24(35)33(25(36)30-22)21-12-29-11-14-4-1-2-7-16(14)21/h1-12H,(H,30,36). The number of rotatable bonds is 3. The predicted octanol–water partition coefficient (Wildman–Crippen LogP) is 5.44. The minimum absolute atomic E-state index is 0.0469. The summed E-state index contributed by atoms with van der Waals surface area (Å²) in [7, 11) is 0. The van der Waals surface area contributed by atoms with Crippen LogP contribution in [0.1, 0.15) is 0 Å². The number of aromatic amines is 1. The van der Waals surface area contributed by atoms with Crippen LogP contribution in [0.2, 0.25) is 15.1 Å². The fourth-order valence-electron chi connectivity index (χ4n) is 4.16. The van der Waals surface area contributed by atoms with E-state index in [1.54, 1.807) is 42.6 Å². The van der Waals surface area contributed by atoms with Gasteiger partial charge < -0.3 is 4.98 Å². The van der Waals surface area contributed by atoms with E-state index >= 15 is 0 Å². The quantitative estimate of drug-likeness (QED) is 0.326. The average molecular weight is 536 g/mol. The highest BCUT2D eigenvalue weighted by atomic mass is 35.5. The van der Waals surface area contributed by atoms with Gasteiger partial charge in [-0.25, -0.2) is 14.0 Å². The fourth-order valence-corrected chi connectivity index (χ4v) is 4.66. The predicted molar refractivity (Wildman–Crippen MR) is 141 cm³/mol. The fraction of sp³-hybridized carbons (Fsp3) is 0. The Balaban J connectivity index is 1.75. The van der Waals surface area contributed by atoms with Crippen LogP contribution < -0.4 is 11.2 Å². The van der Waals surface area contributed by atoms with Crippen molar-refractivity contribution >= 4 is 56.6 Å².